The first-order valence-electron chi connectivity index (χ1n) is 13.8. The van der Waals surface area contributed by atoms with Gasteiger partial charge in [-0.2, -0.15) is 11.8 Å². The zero-order valence-corrected chi connectivity index (χ0v) is 25.9. The Morgan fingerprint density at radius 3 is 2.34 bits per heavy atom. The van der Waals surface area contributed by atoms with Crippen LogP contribution in [0.4, 0.5) is 4.79 Å². The van der Waals surface area contributed by atoms with Gasteiger partial charge in [0.2, 0.25) is 0 Å². The molecule has 3 rings (SSSR count). The molecule has 2 aromatic carbocycles. The van der Waals surface area contributed by atoms with Crippen LogP contribution < -0.4 is 34.6 Å². The van der Waals surface area contributed by atoms with Crippen LogP contribution >= 0.6 is 11.8 Å². The minimum absolute atomic E-state index is 0. The maximum Gasteiger partial charge on any atom is 1.00 e. The van der Waals surface area contributed by atoms with Crippen molar-refractivity contribution in [2.45, 2.75) is 90.2 Å². The topological polar surface area (TPSA) is 117 Å². The second-order valence-electron chi connectivity index (χ2n) is 11.3. The Balaban J connectivity index is 0.00000588. The van der Waals surface area contributed by atoms with E-state index >= 15 is 0 Å². The molecule has 0 aliphatic heterocycles. The predicted octanol–water partition coefficient (Wildman–Crippen LogP) is 1.62. The van der Waals surface area contributed by atoms with Crippen molar-refractivity contribution >= 4 is 29.7 Å². The van der Waals surface area contributed by atoms with Crippen molar-refractivity contribution in [3.05, 3.63) is 59.2 Å². The van der Waals surface area contributed by atoms with Crippen LogP contribution in [0.15, 0.2) is 42.5 Å². The van der Waals surface area contributed by atoms with Gasteiger partial charge in [0.15, 0.2) is 0 Å². The predicted molar refractivity (Wildman–Crippen MR) is 156 cm³/mol. The quantitative estimate of drug-likeness (QED) is 0.391. The summed E-state index contributed by atoms with van der Waals surface area (Å²) in [6.07, 6.45) is 5.13. The fourth-order valence-corrected chi connectivity index (χ4v) is 5.23. The normalized spacial score (nSPS) is 17.6. The number of ether oxygens (including phenoxy) is 2. The molecule has 0 unspecified atom stereocenters. The number of aryl methyl sites for hydroxylation is 1. The van der Waals surface area contributed by atoms with Crippen LogP contribution in [0.3, 0.4) is 0 Å². The van der Waals surface area contributed by atoms with E-state index in [2.05, 4.69) is 10.6 Å². The van der Waals surface area contributed by atoms with Gasteiger partial charge in [0.05, 0.1) is 24.7 Å². The van der Waals surface area contributed by atoms with E-state index in [1.165, 1.54) is 11.8 Å². The van der Waals surface area contributed by atoms with Gasteiger partial charge in [-0.3, -0.25) is 4.79 Å². The maximum atomic E-state index is 13.2. The number of carbonyl (C=O) groups excluding carboxylic acids is 3. The number of benzene rings is 2. The molecule has 0 radical (unpaired) electrons. The smallest absolute Gasteiger partial charge is 0.548 e. The third kappa shape index (κ3) is 11.0. The Morgan fingerprint density at radius 1 is 1.05 bits per heavy atom. The van der Waals surface area contributed by atoms with Gasteiger partial charge in [-0.15, -0.1) is 0 Å². The van der Waals surface area contributed by atoms with E-state index in [4.69, 9.17) is 9.47 Å². The summed E-state index contributed by atoms with van der Waals surface area (Å²) < 4.78 is 11.6. The summed E-state index contributed by atoms with van der Waals surface area (Å²) in [6, 6.07) is 12.3. The Kier molecular flexibility index (Phi) is 13.8. The van der Waals surface area contributed by atoms with Gasteiger partial charge in [-0.25, -0.2) is 4.79 Å². The molecular formula is C31H41LiN2O6S. The maximum absolute atomic E-state index is 13.2. The molecule has 2 N–H and O–H groups in total. The van der Waals surface area contributed by atoms with E-state index in [1.54, 1.807) is 6.07 Å². The first-order chi connectivity index (χ1) is 19.0. The molecule has 0 spiro atoms. The van der Waals surface area contributed by atoms with E-state index in [-0.39, 0.29) is 43.5 Å². The number of hydrogen-bond donors (Lipinski definition) is 2. The minimum atomic E-state index is -1.29. The SMILES string of the molecule is CSCC[C@H](NC(=O)c1ccc(COC2CCC(NC(=O)OC(C)(C)C)CC2)cc1-c1ccccc1C)C(=O)[O-].[Li+]. The second-order valence-corrected chi connectivity index (χ2v) is 12.2. The fraction of sp³-hybridized carbons (Fsp3) is 0.516. The molecule has 0 aromatic heterocycles. The van der Waals surface area contributed by atoms with Crippen molar-refractivity contribution in [2.75, 3.05) is 12.0 Å². The number of carboxylic acid groups (broad SMARTS) is 1. The molecule has 1 aliphatic rings. The van der Waals surface area contributed by atoms with Crippen molar-refractivity contribution in [3.8, 4) is 11.1 Å². The Bertz CT molecular complexity index is 1180. The average molecular weight is 577 g/mol. The number of hydrogen-bond acceptors (Lipinski definition) is 7. The number of alkyl carbamates (subject to hydrolysis) is 1. The van der Waals surface area contributed by atoms with E-state index in [9.17, 15) is 19.5 Å². The van der Waals surface area contributed by atoms with Crippen molar-refractivity contribution in [2.24, 2.45) is 0 Å². The minimum Gasteiger partial charge on any atom is -0.548 e. The van der Waals surface area contributed by atoms with Crippen LogP contribution in [0.2, 0.25) is 0 Å². The number of rotatable bonds is 11. The fourth-order valence-electron chi connectivity index (χ4n) is 4.76. The number of thioether (sulfide) groups is 1. The molecule has 8 nitrogen and oxygen atoms in total. The molecule has 0 saturated heterocycles. The van der Waals surface area contributed by atoms with Crippen LogP contribution in [0.5, 0.6) is 0 Å². The summed E-state index contributed by atoms with van der Waals surface area (Å²) in [5.74, 6) is -1.14. The molecule has 2 aromatic rings. The first-order valence-corrected chi connectivity index (χ1v) is 15.2. The van der Waals surface area contributed by atoms with Crippen LogP contribution in [0.1, 0.15) is 74.4 Å². The van der Waals surface area contributed by atoms with E-state index in [1.807, 2.05) is 70.3 Å². The molecule has 0 heterocycles. The van der Waals surface area contributed by atoms with Gasteiger partial charge >= 0.3 is 25.0 Å². The summed E-state index contributed by atoms with van der Waals surface area (Å²) in [6.45, 7) is 7.89. The van der Waals surface area contributed by atoms with E-state index < -0.39 is 23.5 Å². The monoisotopic (exact) mass is 576 g/mol. The van der Waals surface area contributed by atoms with Gasteiger partial charge in [0, 0.05) is 11.6 Å². The average Bonchev–Trinajstić information content (AvgIpc) is 2.89. The summed E-state index contributed by atoms with van der Waals surface area (Å²) in [5.41, 5.74) is 3.43. The van der Waals surface area contributed by atoms with Gasteiger partial charge in [0.1, 0.15) is 5.60 Å². The van der Waals surface area contributed by atoms with Gasteiger partial charge in [-0.05, 0) is 106 Å². The largest absolute Gasteiger partial charge is 1.00 e. The molecule has 1 aliphatic carbocycles. The number of nitrogens with one attached hydrogen (secondary N) is 2. The summed E-state index contributed by atoms with van der Waals surface area (Å²) in [7, 11) is 0. The van der Waals surface area contributed by atoms with E-state index in [0.29, 0.717) is 17.9 Å². The van der Waals surface area contributed by atoms with Crippen molar-refractivity contribution in [1.29, 1.82) is 0 Å². The molecule has 2 amide bonds. The first kappa shape index (κ1) is 34.8. The summed E-state index contributed by atoms with van der Waals surface area (Å²) in [5, 5.41) is 17.2. The number of carbonyl (C=O) groups is 3. The second kappa shape index (κ2) is 16.3. The molecule has 41 heavy (non-hydrogen) atoms. The summed E-state index contributed by atoms with van der Waals surface area (Å²) in [4.78, 5) is 36.9. The molecular weight excluding hydrogens is 535 g/mol. The Morgan fingerprint density at radius 2 is 1.73 bits per heavy atom. The zero-order chi connectivity index (χ0) is 29.3. The van der Waals surface area contributed by atoms with Crippen molar-refractivity contribution in [1.82, 2.24) is 10.6 Å². The van der Waals surface area contributed by atoms with Crippen molar-refractivity contribution in [3.63, 3.8) is 0 Å². The van der Waals surface area contributed by atoms with E-state index in [0.717, 1.165) is 47.9 Å². The number of amides is 2. The third-order valence-electron chi connectivity index (χ3n) is 6.85. The van der Waals surface area contributed by atoms with Gasteiger partial charge in [0.25, 0.3) is 5.91 Å². The van der Waals surface area contributed by atoms with Gasteiger partial charge < -0.3 is 30.0 Å². The molecule has 218 valence electrons. The van der Waals surface area contributed by atoms with Crippen LogP contribution in [0.25, 0.3) is 11.1 Å². The molecule has 0 bridgehead atoms. The van der Waals surface area contributed by atoms with Crippen LogP contribution in [0, 0.1) is 6.92 Å². The molecule has 1 saturated carbocycles. The van der Waals surface area contributed by atoms with Gasteiger partial charge in [-0.1, -0.05) is 30.3 Å². The summed E-state index contributed by atoms with van der Waals surface area (Å²) >= 11 is 1.52. The molecule has 1 atom stereocenters. The van der Waals surface area contributed by atoms with Crippen molar-refractivity contribution < 1.29 is 47.8 Å². The Labute approximate surface area is 259 Å². The molecule has 10 heteroatoms. The van der Waals surface area contributed by atoms with Crippen LogP contribution in [-0.4, -0.2) is 53.8 Å². The standard InChI is InChI=1S/C31H42N2O6S.Li/c1-20-8-6-7-9-24(20)26-18-21(10-15-25(26)28(34)33-27(29(35)36)16-17-40-5)19-38-23-13-11-22(12-14-23)32-30(37)39-31(2,3)4;/h6-10,15,18,22-23,27H,11-14,16-17,19H2,1-5H3,(H,32,37)(H,33,34)(H,35,36);/q;+1/p-1/t22?,23?,27-;/m0./s1. The third-order valence-corrected chi connectivity index (χ3v) is 7.49. The number of carboxylic acids is 1. The number of aliphatic carboxylic acids is 1. The van der Waals surface area contributed by atoms with Crippen LogP contribution in [-0.2, 0) is 20.9 Å². The molecule has 1 fully saturated rings. The Hall–Kier alpha value is -2.44. The zero-order valence-electron chi connectivity index (χ0n) is 25.1.